The van der Waals surface area contributed by atoms with Crippen molar-refractivity contribution in [3.05, 3.63) is 52.2 Å². The molecule has 0 fully saturated rings. The van der Waals surface area contributed by atoms with E-state index < -0.39 is 14.2 Å². The van der Waals surface area contributed by atoms with E-state index in [9.17, 15) is 5.11 Å². The van der Waals surface area contributed by atoms with Gasteiger partial charge in [-0.1, -0.05) is 60.3 Å². The molecule has 92 valence electrons. The molecule has 0 aromatic heterocycles. The highest BCUT2D eigenvalue weighted by atomic mass is 79.9. The number of hydrogen-bond acceptors (Lipinski definition) is 1. The summed E-state index contributed by atoms with van der Waals surface area (Å²) in [6.07, 6.45) is -0.602. The van der Waals surface area contributed by atoms with Gasteiger partial charge in [-0.3, -0.25) is 0 Å². The molecule has 0 heterocycles. The van der Waals surface area contributed by atoms with Crippen LogP contribution in [-0.2, 0) is 0 Å². The van der Waals surface area contributed by atoms with Gasteiger partial charge < -0.3 is 5.11 Å². The van der Waals surface area contributed by atoms with Gasteiger partial charge in [0.05, 0.1) is 0 Å². The summed E-state index contributed by atoms with van der Waals surface area (Å²) in [7, 11) is -1.27. The molecule has 0 saturated heterocycles. The molecule has 1 aromatic carbocycles. The first-order valence-electron chi connectivity index (χ1n) is 5.66. The van der Waals surface area contributed by atoms with Crippen LogP contribution in [0.25, 0.3) is 0 Å². The molecule has 3 heteroatoms. The Morgan fingerprint density at radius 1 is 1.41 bits per heavy atom. The summed E-state index contributed by atoms with van der Waals surface area (Å²) < 4.78 is 0.927. The molecular formula is C14H19BrOSi. The maximum Gasteiger partial charge on any atom is 0.108 e. The molecule has 1 nitrogen and oxygen atoms in total. The Balaban J connectivity index is 3.00. The zero-order valence-corrected chi connectivity index (χ0v) is 13.2. The van der Waals surface area contributed by atoms with Crippen molar-refractivity contribution >= 4 is 24.0 Å². The maximum atomic E-state index is 10.4. The highest BCUT2D eigenvalue weighted by molar-refractivity contribution is 9.10. The normalized spacial score (nSPS) is 13.0. The number of benzene rings is 1. The molecule has 0 unspecified atom stereocenters. The van der Waals surface area contributed by atoms with Gasteiger partial charge in [-0.05, 0) is 17.7 Å². The largest absolute Gasteiger partial charge is 0.383 e. The molecule has 1 atom stereocenters. The SMILES string of the molecule is C=C=C(C[Si](C)(C)C)[C@H](O)c1ccccc1Br. The highest BCUT2D eigenvalue weighted by Crippen LogP contribution is 2.31. The third kappa shape index (κ3) is 4.28. The van der Waals surface area contributed by atoms with Crippen LogP contribution in [0.1, 0.15) is 11.7 Å². The fourth-order valence-corrected chi connectivity index (χ4v) is 3.67. The second kappa shape index (κ2) is 5.83. The molecule has 0 spiro atoms. The topological polar surface area (TPSA) is 20.2 Å². The molecule has 1 aromatic rings. The van der Waals surface area contributed by atoms with Crippen LogP contribution in [0.5, 0.6) is 0 Å². The molecule has 1 rings (SSSR count). The smallest absolute Gasteiger partial charge is 0.108 e. The number of halogens is 1. The van der Waals surface area contributed by atoms with Crippen molar-refractivity contribution in [1.29, 1.82) is 0 Å². The van der Waals surface area contributed by atoms with Gasteiger partial charge in [0.2, 0.25) is 0 Å². The fraction of sp³-hybridized carbons (Fsp3) is 0.357. The molecule has 0 aliphatic rings. The van der Waals surface area contributed by atoms with Crippen molar-refractivity contribution in [3.8, 4) is 0 Å². The lowest BCUT2D eigenvalue weighted by molar-refractivity contribution is 0.215. The molecule has 1 N–H and O–H groups in total. The number of rotatable bonds is 4. The standard InChI is InChI=1S/C14H19BrOSi/c1-5-11(10-17(2,3)4)14(16)12-8-6-7-9-13(12)15/h6-9,14,16H,1,10H2,2-4H3/t14-/m0/s1. The summed E-state index contributed by atoms with van der Waals surface area (Å²) >= 11 is 3.46. The molecule has 0 radical (unpaired) electrons. The Bertz CT molecular complexity index is 442. The monoisotopic (exact) mass is 310 g/mol. The van der Waals surface area contributed by atoms with Gasteiger partial charge in [-0.2, -0.15) is 0 Å². The lowest BCUT2D eigenvalue weighted by Gasteiger charge is -2.21. The van der Waals surface area contributed by atoms with E-state index in [0.29, 0.717) is 0 Å². The summed E-state index contributed by atoms with van der Waals surface area (Å²) in [5.74, 6) is 0. The van der Waals surface area contributed by atoms with Crippen LogP contribution < -0.4 is 0 Å². The van der Waals surface area contributed by atoms with E-state index in [1.807, 2.05) is 24.3 Å². The number of aliphatic hydroxyl groups excluding tert-OH is 1. The van der Waals surface area contributed by atoms with Crippen LogP contribution in [0.2, 0.25) is 25.7 Å². The molecule has 0 amide bonds. The van der Waals surface area contributed by atoms with Crippen LogP contribution in [0.4, 0.5) is 0 Å². The second-order valence-electron chi connectivity index (χ2n) is 5.36. The van der Waals surface area contributed by atoms with E-state index in [4.69, 9.17) is 0 Å². The highest BCUT2D eigenvalue weighted by Gasteiger charge is 2.22. The van der Waals surface area contributed by atoms with Crippen LogP contribution in [0, 0.1) is 0 Å². The van der Waals surface area contributed by atoms with Crippen molar-refractivity contribution < 1.29 is 5.11 Å². The lowest BCUT2D eigenvalue weighted by Crippen LogP contribution is -2.21. The number of hydrogen-bond donors (Lipinski definition) is 1. The summed E-state index contributed by atoms with van der Waals surface area (Å²) in [5.41, 5.74) is 4.70. The van der Waals surface area contributed by atoms with Gasteiger partial charge in [0.15, 0.2) is 0 Å². The minimum atomic E-state index is -1.27. The molecular weight excluding hydrogens is 292 g/mol. The van der Waals surface area contributed by atoms with Crippen LogP contribution in [-0.4, -0.2) is 13.2 Å². The van der Waals surface area contributed by atoms with Crippen LogP contribution in [0.3, 0.4) is 0 Å². The van der Waals surface area contributed by atoms with Crippen molar-refractivity contribution in [1.82, 2.24) is 0 Å². The predicted molar refractivity (Wildman–Crippen MR) is 79.9 cm³/mol. The summed E-state index contributed by atoms with van der Waals surface area (Å²) in [6, 6.07) is 8.65. The summed E-state index contributed by atoms with van der Waals surface area (Å²) in [6.45, 7) is 10.5. The van der Waals surface area contributed by atoms with Gasteiger partial charge in [0.1, 0.15) is 6.10 Å². The Kier molecular flexibility index (Phi) is 4.96. The molecule has 17 heavy (non-hydrogen) atoms. The van der Waals surface area contributed by atoms with E-state index in [1.54, 1.807) is 0 Å². The van der Waals surface area contributed by atoms with Crippen molar-refractivity contribution in [2.45, 2.75) is 31.8 Å². The van der Waals surface area contributed by atoms with Gasteiger partial charge >= 0.3 is 0 Å². The molecule has 0 aliphatic heterocycles. The maximum absolute atomic E-state index is 10.4. The Morgan fingerprint density at radius 3 is 2.47 bits per heavy atom. The van der Waals surface area contributed by atoms with Crippen molar-refractivity contribution in [2.75, 3.05) is 0 Å². The summed E-state index contributed by atoms with van der Waals surface area (Å²) in [5, 5.41) is 10.4. The average Bonchev–Trinajstić information content (AvgIpc) is 2.24. The van der Waals surface area contributed by atoms with Gasteiger partial charge in [0, 0.05) is 18.1 Å². The van der Waals surface area contributed by atoms with Crippen LogP contribution >= 0.6 is 15.9 Å². The van der Waals surface area contributed by atoms with Crippen LogP contribution in [0.15, 0.2) is 46.6 Å². The first kappa shape index (κ1) is 14.5. The number of aliphatic hydroxyl groups is 1. The predicted octanol–water partition coefficient (Wildman–Crippen LogP) is 4.53. The van der Waals surface area contributed by atoms with Gasteiger partial charge in [0.25, 0.3) is 0 Å². The zero-order chi connectivity index (χ0) is 13.1. The zero-order valence-electron chi connectivity index (χ0n) is 10.6. The minimum absolute atomic E-state index is 0.602. The lowest BCUT2D eigenvalue weighted by atomic mass is 10.0. The van der Waals surface area contributed by atoms with Crippen molar-refractivity contribution in [3.63, 3.8) is 0 Å². The minimum Gasteiger partial charge on any atom is -0.383 e. The second-order valence-corrected chi connectivity index (χ2v) is 11.7. The fourth-order valence-electron chi connectivity index (χ4n) is 1.71. The van der Waals surface area contributed by atoms with Gasteiger partial charge in [-0.15, -0.1) is 5.73 Å². The first-order valence-corrected chi connectivity index (χ1v) is 10.2. The third-order valence-electron chi connectivity index (χ3n) is 2.48. The average molecular weight is 311 g/mol. The first-order chi connectivity index (χ1) is 7.85. The van der Waals surface area contributed by atoms with Crippen molar-refractivity contribution in [2.24, 2.45) is 0 Å². The van der Waals surface area contributed by atoms with E-state index >= 15 is 0 Å². The Morgan fingerprint density at radius 2 is 2.00 bits per heavy atom. The Hall–Kier alpha value is -0.603. The van der Waals surface area contributed by atoms with E-state index in [-0.39, 0.29) is 0 Å². The quantitative estimate of drug-likeness (QED) is 0.640. The molecule has 0 bridgehead atoms. The molecule has 0 saturated carbocycles. The van der Waals surface area contributed by atoms with E-state index in [0.717, 1.165) is 21.7 Å². The van der Waals surface area contributed by atoms with E-state index in [1.165, 1.54) is 0 Å². The Labute approximate surface area is 113 Å². The molecule has 0 aliphatic carbocycles. The van der Waals surface area contributed by atoms with Gasteiger partial charge in [-0.25, -0.2) is 0 Å². The third-order valence-corrected chi connectivity index (χ3v) is 4.64. The summed E-state index contributed by atoms with van der Waals surface area (Å²) in [4.78, 5) is 0. The van der Waals surface area contributed by atoms with E-state index in [2.05, 4.69) is 47.9 Å².